The number of nitrogens with one attached hydrogen (secondary N) is 1. The molecule has 0 bridgehead atoms. The number of amides is 1. The number of sulfonamides is 1. The van der Waals surface area contributed by atoms with E-state index in [2.05, 4.69) is 5.32 Å². The molecule has 0 aliphatic carbocycles. The van der Waals surface area contributed by atoms with Gasteiger partial charge in [0.15, 0.2) is 0 Å². The predicted molar refractivity (Wildman–Crippen MR) is 107 cm³/mol. The van der Waals surface area contributed by atoms with Crippen molar-refractivity contribution in [2.75, 3.05) is 25.5 Å². The summed E-state index contributed by atoms with van der Waals surface area (Å²) in [7, 11) is -2.67. The fourth-order valence-electron chi connectivity index (χ4n) is 2.33. The molecule has 0 saturated carbocycles. The van der Waals surface area contributed by atoms with E-state index in [1.54, 1.807) is 31.2 Å². The number of aryl methyl sites for hydroxylation is 1. The van der Waals surface area contributed by atoms with Crippen molar-refractivity contribution in [2.24, 2.45) is 0 Å². The zero-order chi connectivity index (χ0) is 20.2. The van der Waals surface area contributed by atoms with Crippen molar-refractivity contribution < 1.29 is 17.9 Å². The third-order valence-corrected chi connectivity index (χ3v) is 6.03. The van der Waals surface area contributed by atoms with Gasteiger partial charge in [0.05, 0.1) is 13.2 Å². The van der Waals surface area contributed by atoms with Crippen molar-refractivity contribution in [1.82, 2.24) is 4.31 Å². The van der Waals surface area contributed by atoms with Crippen molar-refractivity contribution in [3.63, 3.8) is 0 Å². The molecule has 0 aliphatic rings. The van der Waals surface area contributed by atoms with Crippen LogP contribution in [0.4, 0.5) is 5.69 Å². The Bertz CT molecular complexity index is 948. The number of ether oxygens (including phenoxy) is 1. The lowest BCUT2D eigenvalue weighted by atomic mass is 10.2. The van der Waals surface area contributed by atoms with Gasteiger partial charge in [0, 0.05) is 22.8 Å². The molecule has 0 heterocycles. The van der Waals surface area contributed by atoms with Gasteiger partial charge in [-0.25, -0.2) is 8.42 Å². The number of hydrogen-bond acceptors (Lipinski definition) is 4. The minimum atomic E-state index is -3.98. The number of carbonyl (C=O) groups is 1. The Labute approximate surface area is 169 Å². The Morgan fingerprint density at radius 1 is 1.15 bits per heavy atom. The lowest BCUT2D eigenvalue weighted by molar-refractivity contribution is -0.116. The van der Waals surface area contributed by atoms with E-state index in [0.717, 1.165) is 9.87 Å². The van der Waals surface area contributed by atoms with Gasteiger partial charge in [-0.2, -0.15) is 4.31 Å². The number of hydrogen-bond donors (Lipinski definition) is 1. The van der Waals surface area contributed by atoms with E-state index in [-0.39, 0.29) is 22.2 Å². The summed E-state index contributed by atoms with van der Waals surface area (Å²) in [6.45, 7) is 3.47. The smallest absolute Gasteiger partial charge is 0.247 e. The molecule has 0 atom stereocenters. The van der Waals surface area contributed by atoms with Gasteiger partial charge >= 0.3 is 0 Å². The van der Waals surface area contributed by atoms with Gasteiger partial charge in [-0.15, -0.1) is 0 Å². The molecule has 6 nitrogen and oxygen atoms in total. The molecule has 0 fully saturated rings. The largest absolute Gasteiger partial charge is 0.492 e. The number of benzene rings is 2. The Hall–Kier alpha value is -1.80. The summed E-state index contributed by atoms with van der Waals surface area (Å²) < 4.78 is 32.1. The van der Waals surface area contributed by atoms with E-state index in [9.17, 15) is 13.2 Å². The molecule has 2 aromatic carbocycles. The van der Waals surface area contributed by atoms with Crippen LogP contribution in [0.2, 0.25) is 10.0 Å². The van der Waals surface area contributed by atoms with E-state index >= 15 is 0 Å². The Morgan fingerprint density at radius 3 is 2.44 bits per heavy atom. The fraction of sp³-hybridized carbons (Fsp3) is 0.278. The number of anilines is 1. The summed E-state index contributed by atoms with van der Waals surface area (Å²) in [4.78, 5) is 12.2. The normalized spacial score (nSPS) is 11.5. The molecule has 0 unspecified atom stereocenters. The number of carbonyl (C=O) groups excluding carboxylic acids is 1. The van der Waals surface area contributed by atoms with Gasteiger partial charge in [0.2, 0.25) is 15.9 Å². The number of nitrogens with zero attached hydrogens (tertiary/aromatic N) is 1. The highest BCUT2D eigenvalue weighted by atomic mass is 35.5. The van der Waals surface area contributed by atoms with Crippen molar-refractivity contribution >= 4 is 44.8 Å². The zero-order valence-corrected chi connectivity index (χ0v) is 17.5. The van der Waals surface area contributed by atoms with Crippen LogP contribution in [0.1, 0.15) is 12.5 Å². The van der Waals surface area contributed by atoms with E-state index in [1.165, 1.54) is 19.2 Å². The van der Waals surface area contributed by atoms with Crippen molar-refractivity contribution in [1.29, 1.82) is 0 Å². The van der Waals surface area contributed by atoms with Gasteiger partial charge in [0.25, 0.3) is 0 Å². The first kappa shape index (κ1) is 21.5. The molecule has 0 aromatic heterocycles. The minimum absolute atomic E-state index is 0.0916. The Morgan fingerprint density at radius 2 is 1.78 bits per heavy atom. The highest BCUT2D eigenvalue weighted by molar-refractivity contribution is 7.89. The molecule has 2 rings (SSSR count). The van der Waals surface area contributed by atoms with Gasteiger partial charge in [-0.1, -0.05) is 29.3 Å². The van der Waals surface area contributed by atoms with Crippen molar-refractivity contribution in [3.05, 3.63) is 52.0 Å². The lowest BCUT2D eigenvalue weighted by Gasteiger charge is -2.19. The van der Waals surface area contributed by atoms with Crippen LogP contribution >= 0.6 is 23.2 Å². The molecule has 146 valence electrons. The molecule has 27 heavy (non-hydrogen) atoms. The quantitative estimate of drug-likeness (QED) is 0.720. The summed E-state index contributed by atoms with van der Waals surface area (Å²) >= 11 is 11.9. The fourth-order valence-corrected chi connectivity index (χ4v) is 4.02. The van der Waals surface area contributed by atoms with Crippen molar-refractivity contribution in [2.45, 2.75) is 18.7 Å². The molecular formula is C18H20Cl2N2O4S. The second kappa shape index (κ2) is 8.93. The average molecular weight is 431 g/mol. The van der Waals surface area contributed by atoms with Crippen LogP contribution in [-0.2, 0) is 14.8 Å². The van der Waals surface area contributed by atoms with Gasteiger partial charge < -0.3 is 10.1 Å². The highest BCUT2D eigenvalue weighted by Crippen LogP contribution is 2.29. The molecule has 1 N–H and O–H groups in total. The summed E-state index contributed by atoms with van der Waals surface area (Å²) in [5.74, 6) is -0.314. The molecule has 0 radical (unpaired) electrons. The SMILES string of the molecule is CCOc1ccc(Cl)cc1S(=O)(=O)N(C)CC(=O)Nc1cc(Cl)ccc1C. The lowest BCUT2D eigenvalue weighted by Crippen LogP contribution is -2.35. The number of likely N-dealkylation sites (N-methyl/N-ethyl adjacent to an activating group) is 1. The summed E-state index contributed by atoms with van der Waals surface area (Å²) in [5, 5.41) is 3.39. The zero-order valence-electron chi connectivity index (χ0n) is 15.1. The highest BCUT2D eigenvalue weighted by Gasteiger charge is 2.27. The molecule has 9 heteroatoms. The topological polar surface area (TPSA) is 75.7 Å². The standard InChI is InChI=1S/C18H20Cl2N2O4S/c1-4-26-16-8-7-14(20)10-17(16)27(24,25)22(3)11-18(23)21-15-9-13(19)6-5-12(15)2/h5-10H,4,11H2,1-3H3,(H,21,23). The first-order valence-electron chi connectivity index (χ1n) is 8.10. The molecular weight excluding hydrogens is 411 g/mol. The summed E-state index contributed by atoms with van der Waals surface area (Å²) in [6.07, 6.45) is 0. The number of rotatable bonds is 7. The van der Waals surface area contributed by atoms with Gasteiger partial charge in [0.1, 0.15) is 10.6 Å². The molecule has 1 amide bonds. The second-order valence-electron chi connectivity index (χ2n) is 5.79. The predicted octanol–water partition coefficient (Wildman–Crippen LogP) is 3.96. The van der Waals surface area contributed by atoms with Gasteiger partial charge in [-0.3, -0.25) is 4.79 Å². The third-order valence-electron chi connectivity index (χ3n) is 3.73. The maximum atomic E-state index is 12.9. The van der Waals surface area contributed by atoms with Crippen LogP contribution in [-0.4, -0.2) is 38.8 Å². The summed E-state index contributed by atoms with van der Waals surface area (Å²) in [5.41, 5.74) is 1.34. The Kier molecular flexibility index (Phi) is 7.11. The first-order valence-corrected chi connectivity index (χ1v) is 10.3. The third kappa shape index (κ3) is 5.35. The van der Waals surface area contributed by atoms with E-state index in [1.807, 2.05) is 6.92 Å². The van der Waals surface area contributed by atoms with Crippen LogP contribution in [0.3, 0.4) is 0 Å². The van der Waals surface area contributed by atoms with Crippen LogP contribution in [0, 0.1) is 6.92 Å². The van der Waals surface area contributed by atoms with Crippen LogP contribution < -0.4 is 10.1 Å². The molecule has 0 saturated heterocycles. The monoisotopic (exact) mass is 430 g/mol. The minimum Gasteiger partial charge on any atom is -0.492 e. The first-order chi connectivity index (χ1) is 12.6. The van der Waals surface area contributed by atoms with E-state index in [0.29, 0.717) is 17.3 Å². The van der Waals surface area contributed by atoms with Crippen LogP contribution in [0.25, 0.3) is 0 Å². The Balaban J connectivity index is 2.21. The maximum Gasteiger partial charge on any atom is 0.247 e. The van der Waals surface area contributed by atoms with Crippen LogP contribution in [0.15, 0.2) is 41.3 Å². The molecule has 2 aromatic rings. The van der Waals surface area contributed by atoms with Gasteiger partial charge in [-0.05, 0) is 49.7 Å². The maximum absolute atomic E-state index is 12.9. The molecule has 0 aliphatic heterocycles. The van der Waals surface area contributed by atoms with E-state index in [4.69, 9.17) is 27.9 Å². The van der Waals surface area contributed by atoms with Crippen molar-refractivity contribution in [3.8, 4) is 5.75 Å². The average Bonchev–Trinajstić information content (AvgIpc) is 2.59. The van der Waals surface area contributed by atoms with E-state index < -0.39 is 15.9 Å². The summed E-state index contributed by atoms with van der Waals surface area (Å²) in [6, 6.07) is 9.41. The number of halogens is 2. The second-order valence-corrected chi connectivity index (χ2v) is 8.68. The van der Waals surface area contributed by atoms with Crippen LogP contribution in [0.5, 0.6) is 5.75 Å². The molecule has 0 spiro atoms.